The van der Waals surface area contributed by atoms with Crippen molar-refractivity contribution in [2.24, 2.45) is 10.8 Å². The van der Waals surface area contributed by atoms with E-state index in [1.54, 1.807) is 10.9 Å². The summed E-state index contributed by atoms with van der Waals surface area (Å²) in [7, 11) is -3.98. The lowest BCUT2D eigenvalue weighted by atomic mass is 9.99. The number of ether oxygens (including phenoxy) is 3. The molecule has 1 aliphatic heterocycles. The highest BCUT2D eigenvalue weighted by Crippen LogP contribution is 2.41. The van der Waals surface area contributed by atoms with Crippen molar-refractivity contribution in [3.8, 4) is 0 Å². The molecule has 2 aromatic heterocycles. The van der Waals surface area contributed by atoms with Crippen LogP contribution in [0.4, 0.5) is 5.82 Å². The van der Waals surface area contributed by atoms with Crippen LogP contribution < -0.4 is 15.9 Å². The average Bonchev–Trinajstić information content (AvgIpc) is 3.51. The predicted molar refractivity (Wildman–Crippen MR) is 152 cm³/mol. The molecular weight excluding hydrogens is 553 g/mol. The Labute approximate surface area is 241 Å². The van der Waals surface area contributed by atoms with Gasteiger partial charge in [-0.25, -0.2) is 25.1 Å². The molecule has 3 rings (SSSR count). The molecule has 14 nitrogen and oxygen atoms in total. The number of hydrogen-bond acceptors (Lipinski definition) is 11. The summed E-state index contributed by atoms with van der Waals surface area (Å²) in [5, 5.41) is 5.44. The molecule has 0 unspecified atom stereocenters. The molecule has 15 heteroatoms. The molecule has 0 aromatic carbocycles. The molecule has 0 saturated carbocycles. The molecule has 0 spiro atoms. The fraction of sp³-hybridized carbons (Fsp3) is 0.731. The van der Waals surface area contributed by atoms with Crippen LogP contribution >= 0.6 is 7.67 Å². The Morgan fingerprint density at radius 2 is 1.59 bits per heavy atom. The maximum Gasteiger partial charge on any atom is 0.342 e. The lowest BCUT2D eigenvalue weighted by molar-refractivity contribution is -0.148. The van der Waals surface area contributed by atoms with Crippen LogP contribution in [0.25, 0.3) is 11.2 Å². The normalized spacial score (nSPS) is 19.7. The number of carbonyl (C=O) groups is 2. The van der Waals surface area contributed by atoms with Crippen LogP contribution in [-0.2, 0) is 32.9 Å². The molecule has 4 atom stereocenters. The summed E-state index contributed by atoms with van der Waals surface area (Å²) < 4.78 is 38.5. The van der Waals surface area contributed by atoms with E-state index in [-0.39, 0.29) is 42.7 Å². The number of aromatic nitrogens is 4. The minimum atomic E-state index is -3.98. The summed E-state index contributed by atoms with van der Waals surface area (Å²) in [5.74, 6) is -0.923. The van der Waals surface area contributed by atoms with Crippen LogP contribution in [0, 0.1) is 10.8 Å². The first kappa shape index (κ1) is 32.9. The SMILES string of the molecule is C[C@H](NP(=O)(N[C@@H](C)C(=O)OCC(C)(C)C)OC[C@@H]1CC[C@H](n2cnc3c(N)ncnc32)O1)C(=O)OCC(C)(C)C. The molecule has 1 aliphatic rings. The van der Waals surface area contributed by atoms with Gasteiger partial charge in [0.25, 0.3) is 0 Å². The second-order valence-corrected chi connectivity index (χ2v) is 14.6. The van der Waals surface area contributed by atoms with Gasteiger partial charge in [-0.3, -0.25) is 18.7 Å². The summed E-state index contributed by atoms with van der Waals surface area (Å²) in [4.78, 5) is 37.8. The number of hydrogen-bond donors (Lipinski definition) is 3. The van der Waals surface area contributed by atoms with E-state index in [0.717, 1.165) is 0 Å². The van der Waals surface area contributed by atoms with Gasteiger partial charge in [0.05, 0.1) is 32.3 Å². The van der Waals surface area contributed by atoms with Crippen molar-refractivity contribution in [2.45, 2.75) is 92.6 Å². The van der Waals surface area contributed by atoms with Crippen LogP contribution in [0.1, 0.15) is 74.5 Å². The quantitative estimate of drug-likeness (QED) is 0.239. The van der Waals surface area contributed by atoms with Gasteiger partial charge >= 0.3 is 19.6 Å². The predicted octanol–water partition coefficient (Wildman–Crippen LogP) is 3.35. The Balaban J connectivity index is 1.67. The van der Waals surface area contributed by atoms with E-state index in [1.165, 1.54) is 20.2 Å². The molecule has 0 aliphatic carbocycles. The van der Waals surface area contributed by atoms with Gasteiger partial charge in [-0.2, -0.15) is 0 Å². The van der Waals surface area contributed by atoms with E-state index in [9.17, 15) is 14.2 Å². The minimum Gasteiger partial charge on any atom is -0.464 e. The standard InChI is InChI=1S/C26H44N7O7P/c1-16(23(34)37-12-25(3,4)5)31-41(36,32-17(2)24(35)38-13-26(6,7)8)39-11-18-9-10-19(40-18)33-15-30-20-21(27)28-14-29-22(20)33/h14-19H,9-13H2,1-8H3,(H2,27,28,29)(H2,31,32,36)/t16-,17-,18-,19+/m0/s1. The molecule has 1 saturated heterocycles. The Morgan fingerprint density at radius 1 is 1.02 bits per heavy atom. The first-order chi connectivity index (χ1) is 19.0. The zero-order valence-corrected chi connectivity index (χ0v) is 26.1. The number of rotatable bonds is 12. The van der Waals surface area contributed by atoms with Gasteiger partial charge in [0.2, 0.25) is 0 Å². The van der Waals surface area contributed by atoms with Crippen LogP contribution in [0.5, 0.6) is 0 Å². The van der Waals surface area contributed by atoms with E-state index in [0.29, 0.717) is 24.0 Å². The highest BCUT2D eigenvalue weighted by atomic mass is 31.2. The Bertz CT molecular complexity index is 1220. The lowest BCUT2D eigenvalue weighted by Crippen LogP contribution is -2.43. The third kappa shape index (κ3) is 9.71. The first-order valence-electron chi connectivity index (χ1n) is 13.7. The molecule has 1 fully saturated rings. The number of esters is 2. The number of nitrogen functional groups attached to an aromatic ring is 1. The lowest BCUT2D eigenvalue weighted by Gasteiger charge is -2.28. The van der Waals surface area contributed by atoms with Crippen molar-refractivity contribution in [3.63, 3.8) is 0 Å². The van der Waals surface area contributed by atoms with Gasteiger partial charge in [0.15, 0.2) is 11.5 Å². The highest BCUT2D eigenvalue weighted by Gasteiger charge is 2.36. The smallest absolute Gasteiger partial charge is 0.342 e. The Hall–Kier alpha value is -2.64. The molecule has 41 heavy (non-hydrogen) atoms. The highest BCUT2D eigenvalue weighted by molar-refractivity contribution is 7.54. The van der Waals surface area contributed by atoms with Gasteiger partial charge in [-0.05, 0) is 37.5 Å². The zero-order valence-electron chi connectivity index (χ0n) is 25.2. The van der Waals surface area contributed by atoms with Crippen molar-refractivity contribution in [1.82, 2.24) is 29.7 Å². The largest absolute Gasteiger partial charge is 0.464 e. The van der Waals surface area contributed by atoms with E-state index >= 15 is 0 Å². The van der Waals surface area contributed by atoms with Gasteiger partial charge in [-0.1, -0.05) is 41.5 Å². The third-order valence-corrected chi connectivity index (χ3v) is 7.92. The molecule has 2 aromatic rings. The van der Waals surface area contributed by atoms with E-state index in [4.69, 9.17) is 24.5 Å². The number of fused-ring (bicyclic) bond motifs is 1. The molecule has 230 valence electrons. The van der Waals surface area contributed by atoms with Crippen LogP contribution in [0.2, 0.25) is 0 Å². The van der Waals surface area contributed by atoms with Gasteiger partial charge < -0.3 is 24.5 Å². The second-order valence-electron chi connectivity index (χ2n) is 12.8. The van der Waals surface area contributed by atoms with Crippen molar-refractivity contribution < 1.29 is 32.9 Å². The fourth-order valence-corrected chi connectivity index (χ4v) is 5.67. The number of imidazole rings is 1. The van der Waals surface area contributed by atoms with Crippen molar-refractivity contribution in [3.05, 3.63) is 12.7 Å². The number of nitrogens with one attached hydrogen (secondary N) is 2. The van der Waals surface area contributed by atoms with E-state index < -0.39 is 37.8 Å². The molecule has 0 amide bonds. The van der Waals surface area contributed by atoms with Crippen molar-refractivity contribution >= 4 is 36.6 Å². The maximum absolute atomic E-state index is 14.0. The molecular formula is C26H44N7O7P. The van der Waals surface area contributed by atoms with E-state index in [1.807, 2.05) is 41.5 Å². The number of anilines is 1. The summed E-state index contributed by atoms with van der Waals surface area (Å²) in [6.07, 6.45) is 3.35. The summed E-state index contributed by atoms with van der Waals surface area (Å²) in [6, 6.07) is -1.98. The molecule has 0 radical (unpaired) electrons. The zero-order chi connectivity index (χ0) is 30.6. The minimum absolute atomic E-state index is 0.0783. The maximum atomic E-state index is 14.0. The summed E-state index contributed by atoms with van der Waals surface area (Å²) >= 11 is 0. The fourth-order valence-electron chi connectivity index (χ4n) is 3.84. The number of nitrogens with two attached hydrogens (primary N) is 1. The van der Waals surface area contributed by atoms with Crippen molar-refractivity contribution in [1.29, 1.82) is 0 Å². The summed E-state index contributed by atoms with van der Waals surface area (Å²) in [5.41, 5.74) is 6.43. The average molecular weight is 598 g/mol. The first-order valence-corrected chi connectivity index (χ1v) is 15.3. The summed E-state index contributed by atoms with van der Waals surface area (Å²) in [6.45, 7) is 14.9. The van der Waals surface area contributed by atoms with Crippen LogP contribution in [0.3, 0.4) is 0 Å². The molecule has 4 N–H and O–H groups in total. The molecule has 0 bridgehead atoms. The Kier molecular flexibility index (Phi) is 10.5. The van der Waals surface area contributed by atoms with Crippen molar-refractivity contribution in [2.75, 3.05) is 25.6 Å². The topological polar surface area (TPSA) is 182 Å². The van der Waals surface area contributed by atoms with Gasteiger partial charge in [-0.15, -0.1) is 0 Å². The van der Waals surface area contributed by atoms with E-state index in [2.05, 4.69) is 25.1 Å². The monoisotopic (exact) mass is 597 g/mol. The molecule has 3 heterocycles. The third-order valence-electron chi connectivity index (χ3n) is 5.95. The number of nitrogens with zero attached hydrogens (tertiary/aromatic N) is 4. The van der Waals surface area contributed by atoms with Gasteiger partial charge in [0, 0.05) is 0 Å². The number of carbonyl (C=O) groups excluding carboxylic acids is 2. The Morgan fingerprint density at radius 3 is 2.12 bits per heavy atom. The second kappa shape index (κ2) is 13.1. The van der Waals surface area contributed by atoms with Crippen LogP contribution in [0.15, 0.2) is 12.7 Å². The van der Waals surface area contributed by atoms with Gasteiger partial charge in [0.1, 0.15) is 30.2 Å². The van der Waals surface area contributed by atoms with Crippen LogP contribution in [-0.4, -0.2) is 69.5 Å².